The number of anilines is 1. The Morgan fingerprint density at radius 3 is 2.56 bits per heavy atom. The highest BCUT2D eigenvalue weighted by Crippen LogP contribution is 2.34. The van der Waals surface area contributed by atoms with Crippen molar-refractivity contribution in [1.82, 2.24) is 9.88 Å². The molecule has 0 radical (unpaired) electrons. The number of ether oxygens (including phenoxy) is 3. The molecule has 1 fully saturated rings. The quantitative estimate of drug-likeness (QED) is 0.602. The van der Waals surface area contributed by atoms with E-state index in [1.54, 1.807) is 0 Å². The van der Waals surface area contributed by atoms with Gasteiger partial charge >= 0.3 is 0 Å². The Bertz CT molecular complexity index is 1210. The first kappa shape index (κ1) is 22.3. The number of carbonyl (C=O) groups is 1. The van der Waals surface area contributed by atoms with Crippen LogP contribution < -0.4 is 19.7 Å². The fourth-order valence-electron chi connectivity index (χ4n) is 4.90. The van der Waals surface area contributed by atoms with E-state index in [0.717, 1.165) is 47.1 Å². The van der Waals surface area contributed by atoms with Crippen molar-refractivity contribution in [3.05, 3.63) is 76.1 Å². The predicted molar refractivity (Wildman–Crippen MR) is 131 cm³/mol. The summed E-state index contributed by atoms with van der Waals surface area (Å²) in [6.45, 7) is 10.6. The van der Waals surface area contributed by atoms with Gasteiger partial charge in [-0.25, -0.2) is 0 Å². The molecule has 0 bridgehead atoms. The maximum absolute atomic E-state index is 13.6. The van der Waals surface area contributed by atoms with E-state index in [9.17, 15) is 4.79 Å². The second-order valence-corrected chi connectivity index (χ2v) is 8.89. The van der Waals surface area contributed by atoms with Gasteiger partial charge in [-0.2, -0.15) is 0 Å². The SMILES string of the molecule is Cc1ccccc1Cn1c(C)c(N2CCOCC2)c(C)c1C(=O)NCc1ccc2c(c1)OCO2. The molecule has 2 aliphatic heterocycles. The van der Waals surface area contributed by atoms with Gasteiger partial charge in [0.05, 0.1) is 18.9 Å². The Morgan fingerprint density at radius 1 is 1.00 bits per heavy atom. The van der Waals surface area contributed by atoms with Crippen molar-refractivity contribution in [2.24, 2.45) is 0 Å². The smallest absolute Gasteiger partial charge is 0.268 e. The molecular weight excluding hydrogens is 430 g/mol. The van der Waals surface area contributed by atoms with Crippen LogP contribution in [-0.2, 0) is 17.8 Å². The molecule has 0 saturated carbocycles. The van der Waals surface area contributed by atoms with Crippen LogP contribution in [0.15, 0.2) is 42.5 Å². The third-order valence-electron chi connectivity index (χ3n) is 6.75. The average molecular weight is 462 g/mol. The van der Waals surface area contributed by atoms with Crippen molar-refractivity contribution in [3.8, 4) is 11.5 Å². The Morgan fingerprint density at radius 2 is 1.76 bits per heavy atom. The highest BCUT2D eigenvalue weighted by atomic mass is 16.7. The summed E-state index contributed by atoms with van der Waals surface area (Å²) in [4.78, 5) is 15.9. The summed E-state index contributed by atoms with van der Waals surface area (Å²) in [5.41, 5.74) is 7.37. The summed E-state index contributed by atoms with van der Waals surface area (Å²) in [7, 11) is 0. The maximum atomic E-state index is 13.6. The molecular formula is C27H31N3O4. The Balaban J connectivity index is 1.46. The molecule has 0 atom stereocenters. The second-order valence-electron chi connectivity index (χ2n) is 8.89. The number of hydrogen-bond acceptors (Lipinski definition) is 5. The summed E-state index contributed by atoms with van der Waals surface area (Å²) in [6, 6.07) is 14.1. The molecule has 1 saturated heterocycles. The molecule has 5 rings (SSSR count). The summed E-state index contributed by atoms with van der Waals surface area (Å²) < 4.78 is 18.6. The molecule has 34 heavy (non-hydrogen) atoms. The number of carbonyl (C=O) groups excluding carboxylic acids is 1. The standard InChI is InChI=1S/C27H31N3O4/c1-18-6-4-5-7-22(18)16-30-20(3)25(29-10-12-32-13-11-29)19(2)26(30)27(31)28-15-21-8-9-23-24(14-21)34-17-33-23/h4-9,14H,10-13,15-17H2,1-3H3,(H,28,31). The van der Waals surface area contributed by atoms with Gasteiger partial charge in [-0.05, 0) is 49.6 Å². The monoisotopic (exact) mass is 461 g/mol. The van der Waals surface area contributed by atoms with Crippen molar-refractivity contribution >= 4 is 11.6 Å². The van der Waals surface area contributed by atoms with Crippen LogP contribution in [0, 0.1) is 20.8 Å². The molecule has 2 aromatic carbocycles. The third-order valence-corrected chi connectivity index (χ3v) is 6.75. The van der Waals surface area contributed by atoms with Crippen LogP contribution >= 0.6 is 0 Å². The van der Waals surface area contributed by atoms with E-state index in [2.05, 4.69) is 53.8 Å². The zero-order valence-electron chi connectivity index (χ0n) is 20.0. The van der Waals surface area contributed by atoms with Crippen LogP contribution in [0.4, 0.5) is 5.69 Å². The number of benzene rings is 2. The zero-order valence-corrected chi connectivity index (χ0v) is 20.0. The largest absolute Gasteiger partial charge is 0.454 e. The number of hydrogen-bond donors (Lipinski definition) is 1. The van der Waals surface area contributed by atoms with Gasteiger partial charge in [-0.3, -0.25) is 4.79 Å². The number of morpholine rings is 1. The fraction of sp³-hybridized carbons (Fsp3) is 0.370. The van der Waals surface area contributed by atoms with E-state index < -0.39 is 0 Å². The summed E-state index contributed by atoms with van der Waals surface area (Å²) in [6.07, 6.45) is 0. The van der Waals surface area contributed by atoms with Crippen molar-refractivity contribution in [2.45, 2.75) is 33.9 Å². The lowest BCUT2D eigenvalue weighted by atomic mass is 10.1. The van der Waals surface area contributed by atoms with Crippen molar-refractivity contribution in [3.63, 3.8) is 0 Å². The van der Waals surface area contributed by atoms with Crippen LogP contribution in [0.25, 0.3) is 0 Å². The minimum absolute atomic E-state index is 0.0774. The lowest BCUT2D eigenvalue weighted by Crippen LogP contribution is -2.36. The first-order valence-corrected chi connectivity index (χ1v) is 11.8. The predicted octanol–water partition coefficient (Wildman–Crippen LogP) is 3.96. The second kappa shape index (κ2) is 9.43. The molecule has 7 heteroatoms. The number of nitrogens with one attached hydrogen (secondary N) is 1. The molecule has 1 aromatic heterocycles. The van der Waals surface area contributed by atoms with E-state index in [-0.39, 0.29) is 12.7 Å². The number of fused-ring (bicyclic) bond motifs is 1. The molecule has 2 aliphatic rings. The van der Waals surface area contributed by atoms with Gasteiger partial charge in [0.2, 0.25) is 6.79 Å². The van der Waals surface area contributed by atoms with E-state index >= 15 is 0 Å². The molecule has 1 amide bonds. The third kappa shape index (κ3) is 4.23. The van der Waals surface area contributed by atoms with Gasteiger partial charge in [0.1, 0.15) is 5.69 Å². The molecule has 3 aromatic rings. The fourth-order valence-corrected chi connectivity index (χ4v) is 4.90. The molecule has 178 valence electrons. The molecule has 0 spiro atoms. The van der Waals surface area contributed by atoms with Crippen LogP contribution in [0.1, 0.15) is 38.4 Å². The normalized spacial score (nSPS) is 15.0. The van der Waals surface area contributed by atoms with Crippen molar-refractivity contribution < 1.29 is 19.0 Å². The van der Waals surface area contributed by atoms with Crippen molar-refractivity contribution in [2.75, 3.05) is 38.0 Å². The molecule has 0 unspecified atom stereocenters. The van der Waals surface area contributed by atoms with E-state index in [4.69, 9.17) is 14.2 Å². The number of rotatable bonds is 6. The topological polar surface area (TPSA) is 65.0 Å². The minimum atomic E-state index is -0.0774. The van der Waals surface area contributed by atoms with Gasteiger partial charge in [0.15, 0.2) is 11.5 Å². The van der Waals surface area contributed by atoms with Crippen molar-refractivity contribution in [1.29, 1.82) is 0 Å². The number of nitrogens with zero attached hydrogens (tertiary/aromatic N) is 2. The summed E-state index contributed by atoms with van der Waals surface area (Å²) >= 11 is 0. The van der Waals surface area contributed by atoms with E-state index in [1.807, 2.05) is 24.3 Å². The van der Waals surface area contributed by atoms with Gasteiger partial charge in [-0.1, -0.05) is 30.3 Å². The minimum Gasteiger partial charge on any atom is -0.454 e. The van der Waals surface area contributed by atoms with Crippen LogP contribution in [0.5, 0.6) is 11.5 Å². The maximum Gasteiger partial charge on any atom is 0.268 e. The first-order valence-electron chi connectivity index (χ1n) is 11.8. The Hall–Kier alpha value is -3.45. The molecule has 1 N–H and O–H groups in total. The highest BCUT2D eigenvalue weighted by Gasteiger charge is 2.27. The highest BCUT2D eigenvalue weighted by molar-refractivity contribution is 5.96. The van der Waals surface area contributed by atoms with Crippen LogP contribution in [-0.4, -0.2) is 43.6 Å². The van der Waals surface area contributed by atoms with E-state index in [0.29, 0.717) is 32.0 Å². The molecule has 7 nitrogen and oxygen atoms in total. The Labute approximate surface area is 200 Å². The Kier molecular flexibility index (Phi) is 6.20. The van der Waals surface area contributed by atoms with Gasteiger partial charge in [0, 0.05) is 37.4 Å². The van der Waals surface area contributed by atoms with Gasteiger partial charge in [-0.15, -0.1) is 0 Å². The number of aromatic nitrogens is 1. The molecule has 3 heterocycles. The van der Waals surface area contributed by atoms with Gasteiger partial charge in [0.25, 0.3) is 5.91 Å². The first-order chi connectivity index (χ1) is 16.5. The summed E-state index contributed by atoms with van der Waals surface area (Å²) in [5.74, 6) is 1.38. The zero-order chi connectivity index (χ0) is 23.7. The number of amides is 1. The number of aryl methyl sites for hydroxylation is 1. The average Bonchev–Trinajstić information content (AvgIpc) is 3.41. The van der Waals surface area contributed by atoms with Gasteiger partial charge < -0.3 is 29.0 Å². The lowest BCUT2D eigenvalue weighted by Gasteiger charge is -2.29. The van der Waals surface area contributed by atoms with E-state index in [1.165, 1.54) is 11.1 Å². The lowest BCUT2D eigenvalue weighted by molar-refractivity contribution is 0.0941. The summed E-state index contributed by atoms with van der Waals surface area (Å²) in [5, 5.41) is 3.13. The van der Waals surface area contributed by atoms with Crippen LogP contribution in [0.3, 0.4) is 0 Å². The van der Waals surface area contributed by atoms with Crippen LogP contribution in [0.2, 0.25) is 0 Å². The molecule has 0 aliphatic carbocycles.